The molecule has 27 heavy (non-hydrogen) atoms. The third kappa shape index (κ3) is 4.95. The first kappa shape index (κ1) is 21.1. The third-order valence-electron chi connectivity index (χ3n) is 4.29. The number of amides is 1. The number of rotatable bonds is 6. The van der Waals surface area contributed by atoms with Crippen LogP contribution in [0.2, 0.25) is 0 Å². The molecule has 1 aromatic heterocycles. The molecular weight excluding hydrogens is 366 g/mol. The van der Waals surface area contributed by atoms with Crippen LogP contribution in [0, 0.1) is 13.8 Å². The Balaban J connectivity index is 2.10. The highest BCUT2D eigenvalue weighted by Crippen LogP contribution is 2.25. The highest BCUT2D eigenvalue weighted by Gasteiger charge is 2.24. The van der Waals surface area contributed by atoms with Crippen LogP contribution in [-0.4, -0.2) is 32.6 Å². The van der Waals surface area contributed by atoms with Gasteiger partial charge < -0.3 is 9.42 Å². The number of carbonyl (C=O) groups excluding carboxylic acids is 1. The van der Waals surface area contributed by atoms with E-state index in [-0.39, 0.29) is 35.1 Å². The van der Waals surface area contributed by atoms with Crippen molar-refractivity contribution in [1.29, 1.82) is 0 Å². The Bertz CT molecular complexity index is 890. The van der Waals surface area contributed by atoms with E-state index in [4.69, 9.17) is 4.52 Å². The van der Waals surface area contributed by atoms with Crippen LogP contribution in [0.1, 0.15) is 44.7 Å². The number of hydrogen-bond acceptors (Lipinski definition) is 5. The molecular formula is C19H27N3O4S. The van der Waals surface area contributed by atoms with Gasteiger partial charge in [0.15, 0.2) is 5.76 Å². The smallest absolute Gasteiger partial charge is 0.246 e. The molecule has 0 aliphatic carbocycles. The average molecular weight is 394 g/mol. The van der Waals surface area contributed by atoms with Gasteiger partial charge in [0.2, 0.25) is 15.9 Å². The summed E-state index contributed by atoms with van der Waals surface area (Å²) in [7, 11) is -3.75. The summed E-state index contributed by atoms with van der Waals surface area (Å²) in [6, 6.07) is 7.73. The maximum atomic E-state index is 12.5. The summed E-state index contributed by atoms with van der Waals surface area (Å²) in [6.07, 6.45) is 0. The molecule has 148 valence electrons. The van der Waals surface area contributed by atoms with Gasteiger partial charge in [-0.3, -0.25) is 4.79 Å². The van der Waals surface area contributed by atoms with E-state index in [9.17, 15) is 13.2 Å². The molecule has 8 heteroatoms. The van der Waals surface area contributed by atoms with Gasteiger partial charge in [-0.2, -0.15) is 0 Å². The largest absolute Gasteiger partial charge is 0.360 e. The van der Waals surface area contributed by atoms with Crippen LogP contribution >= 0.6 is 0 Å². The molecule has 1 heterocycles. The molecule has 0 radical (unpaired) electrons. The van der Waals surface area contributed by atoms with Crippen LogP contribution in [0.4, 0.5) is 5.69 Å². The van der Waals surface area contributed by atoms with Crippen molar-refractivity contribution in [2.75, 3.05) is 18.0 Å². The van der Waals surface area contributed by atoms with Crippen molar-refractivity contribution in [2.45, 2.75) is 51.9 Å². The van der Waals surface area contributed by atoms with Gasteiger partial charge >= 0.3 is 0 Å². The van der Waals surface area contributed by atoms with Crippen LogP contribution in [0.3, 0.4) is 0 Å². The van der Waals surface area contributed by atoms with Crippen molar-refractivity contribution >= 4 is 21.6 Å². The zero-order valence-electron chi connectivity index (χ0n) is 16.7. The van der Waals surface area contributed by atoms with Gasteiger partial charge in [0, 0.05) is 25.7 Å². The van der Waals surface area contributed by atoms with Crippen molar-refractivity contribution < 1.29 is 17.7 Å². The number of nitrogens with zero attached hydrogens (tertiary/aromatic N) is 2. The van der Waals surface area contributed by atoms with Crippen molar-refractivity contribution in [2.24, 2.45) is 0 Å². The monoisotopic (exact) mass is 393 g/mol. The molecule has 2 aromatic rings. The minimum absolute atomic E-state index is 0.0174. The molecule has 0 aliphatic rings. The second kappa shape index (κ2) is 7.82. The Morgan fingerprint density at radius 1 is 1.19 bits per heavy atom. The van der Waals surface area contributed by atoms with Crippen molar-refractivity contribution in [3.63, 3.8) is 0 Å². The topological polar surface area (TPSA) is 92.5 Å². The van der Waals surface area contributed by atoms with Gasteiger partial charge in [-0.1, -0.05) is 38.1 Å². The molecule has 0 spiro atoms. The normalized spacial score (nSPS) is 12.2. The summed E-state index contributed by atoms with van der Waals surface area (Å²) in [5.74, 6) is 0.0799. The minimum atomic E-state index is -3.75. The summed E-state index contributed by atoms with van der Waals surface area (Å²) in [4.78, 5) is 13.6. The lowest BCUT2D eigenvalue weighted by molar-refractivity contribution is -0.116. The van der Waals surface area contributed by atoms with Gasteiger partial charge in [-0.25, -0.2) is 13.1 Å². The van der Waals surface area contributed by atoms with E-state index in [1.165, 1.54) is 6.92 Å². The van der Waals surface area contributed by atoms with Crippen molar-refractivity contribution in [3.8, 4) is 0 Å². The van der Waals surface area contributed by atoms with Crippen LogP contribution < -0.4 is 9.62 Å². The summed E-state index contributed by atoms with van der Waals surface area (Å²) in [5, 5.41) is 3.67. The SMILES string of the molecule is CC(=O)N(CCNS(=O)(=O)c1c(C)noc1C)c1ccc(C(C)(C)C)cc1. The fourth-order valence-electron chi connectivity index (χ4n) is 2.83. The maximum absolute atomic E-state index is 12.5. The van der Waals surface area contributed by atoms with Gasteiger partial charge in [0.05, 0.1) is 0 Å². The zero-order valence-corrected chi connectivity index (χ0v) is 17.5. The predicted octanol–water partition coefficient (Wildman–Crippen LogP) is 2.92. The minimum Gasteiger partial charge on any atom is -0.360 e. The Morgan fingerprint density at radius 3 is 2.22 bits per heavy atom. The van der Waals surface area contributed by atoms with E-state index in [0.29, 0.717) is 5.69 Å². The Hall–Kier alpha value is -2.19. The molecule has 2 rings (SSSR count). The molecule has 0 bridgehead atoms. The molecule has 1 aromatic carbocycles. The van der Waals surface area contributed by atoms with E-state index < -0.39 is 10.0 Å². The number of nitrogens with one attached hydrogen (secondary N) is 1. The highest BCUT2D eigenvalue weighted by molar-refractivity contribution is 7.89. The quantitative estimate of drug-likeness (QED) is 0.815. The van der Waals surface area contributed by atoms with E-state index in [1.54, 1.807) is 18.7 Å². The summed E-state index contributed by atoms with van der Waals surface area (Å²) < 4.78 is 32.4. The van der Waals surface area contributed by atoms with E-state index >= 15 is 0 Å². The molecule has 1 amide bonds. The molecule has 7 nitrogen and oxygen atoms in total. The predicted molar refractivity (Wildman–Crippen MR) is 104 cm³/mol. The number of sulfonamides is 1. The fourth-order valence-corrected chi connectivity index (χ4v) is 4.18. The van der Waals surface area contributed by atoms with Crippen molar-refractivity contribution in [3.05, 3.63) is 41.3 Å². The Labute approximate surface area is 160 Å². The van der Waals surface area contributed by atoms with Gasteiger partial charge in [0.25, 0.3) is 0 Å². The van der Waals surface area contributed by atoms with Gasteiger partial charge in [-0.15, -0.1) is 0 Å². The van der Waals surface area contributed by atoms with E-state index in [0.717, 1.165) is 11.3 Å². The lowest BCUT2D eigenvalue weighted by atomic mass is 9.87. The number of hydrogen-bond donors (Lipinski definition) is 1. The first-order valence-corrected chi connectivity index (χ1v) is 10.2. The van der Waals surface area contributed by atoms with E-state index in [1.807, 2.05) is 24.3 Å². The number of aromatic nitrogens is 1. The molecule has 0 fully saturated rings. The standard InChI is InChI=1S/C19H27N3O4S/c1-13-18(14(2)26-21-13)27(24,25)20-11-12-22(15(3)23)17-9-7-16(8-10-17)19(4,5)6/h7-10,20H,11-12H2,1-6H3. The molecule has 0 saturated carbocycles. The number of benzene rings is 1. The second-order valence-electron chi connectivity index (χ2n) is 7.52. The number of anilines is 1. The first-order valence-electron chi connectivity index (χ1n) is 8.74. The van der Waals surface area contributed by atoms with Crippen LogP contribution in [-0.2, 0) is 20.2 Å². The maximum Gasteiger partial charge on any atom is 0.246 e. The summed E-state index contributed by atoms with van der Waals surface area (Å²) >= 11 is 0. The highest BCUT2D eigenvalue weighted by atomic mass is 32.2. The van der Waals surface area contributed by atoms with Gasteiger partial charge in [0.1, 0.15) is 10.6 Å². The second-order valence-corrected chi connectivity index (χ2v) is 9.22. The van der Waals surface area contributed by atoms with Crippen LogP contribution in [0.15, 0.2) is 33.7 Å². The summed E-state index contributed by atoms with van der Waals surface area (Å²) in [6.45, 7) is 11.2. The van der Waals surface area contributed by atoms with Crippen LogP contribution in [0.5, 0.6) is 0 Å². The molecule has 1 N–H and O–H groups in total. The number of carbonyl (C=O) groups is 1. The third-order valence-corrected chi connectivity index (χ3v) is 5.99. The summed E-state index contributed by atoms with van der Waals surface area (Å²) in [5.41, 5.74) is 2.21. The zero-order chi connectivity index (χ0) is 20.4. The Kier molecular flexibility index (Phi) is 6.11. The van der Waals surface area contributed by atoms with Crippen LogP contribution in [0.25, 0.3) is 0 Å². The molecule has 0 atom stereocenters. The average Bonchev–Trinajstić information content (AvgIpc) is 2.90. The lowest BCUT2D eigenvalue weighted by Crippen LogP contribution is -2.37. The van der Waals surface area contributed by atoms with Gasteiger partial charge in [-0.05, 0) is 37.0 Å². The molecule has 0 aliphatic heterocycles. The lowest BCUT2D eigenvalue weighted by Gasteiger charge is -2.24. The fraction of sp³-hybridized carbons (Fsp3) is 0.474. The number of aryl methyl sites for hydroxylation is 2. The molecule has 0 saturated heterocycles. The Morgan fingerprint density at radius 2 is 1.78 bits per heavy atom. The molecule has 0 unspecified atom stereocenters. The van der Waals surface area contributed by atoms with Crippen molar-refractivity contribution in [1.82, 2.24) is 9.88 Å². The van der Waals surface area contributed by atoms with E-state index in [2.05, 4.69) is 30.6 Å². The first-order chi connectivity index (χ1) is 12.4.